The lowest BCUT2D eigenvalue weighted by molar-refractivity contribution is -0.147. The fourth-order valence-electron chi connectivity index (χ4n) is 6.20. The van der Waals surface area contributed by atoms with Gasteiger partial charge in [0.1, 0.15) is 6.10 Å². The largest absolute Gasteiger partial charge is 0.494 e. The van der Waals surface area contributed by atoms with E-state index in [1.54, 1.807) is 0 Å². The Kier molecular flexibility index (Phi) is 9.56. The highest BCUT2D eigenvalue weighted by Crippen LogP contribution is 2.50. The third kappa shape index (κ3) is 7.40. The number of ether oxygens (including phenoxy) is 2. The Balaban J connectivity index is 1.19. The molecule has 3 fully saturated rings. The van der Waals surface area contributed by atoms with E-state index in [4.69, 9.17) is 18.8 Å². The number of allylic oxidation sites excluding steroid dienone is 2. The van der Waals surface area contributed by atoms with E-state index in [2.05, 4.69) is 24.3 Å². The van der Waals surface area contributed by atoms with Crippen molar-refractivity contribution in [2.24, 2.45) is 11.8 Å². The molecule has 2 aromatic rings. The summed E-state index contributed by atoms with van der Waals surface area (Å²) in [5, 5.41) is 11.0. The molecule has 2 aromatic carbocycles. The molecule has 2 aliphatic heterocycles. The van der Waals surface area contributed by atoms with Crippen LogP contribution in [0.5, 0.6) is 0 Å². The number of esters is 1. The highest BCUT2D eigenvalue weighted by Gasteiger charge is 2.60. The van der Waals surface area contributed by atoms with Crippen LogP contribution in [0.1, 0.15) is 57.9 Å². The third-order valence-corrected chi connectivity index (χ3v) is 8.12. The Hall–Kier alpha value is -2.45. The molecule has 7 atom stereocenters. The van der Waals surface area contributed by atoms with Crippen LogP contribution in [0.3, 0.4) is 0 Å². The number of benzene rings is 2. The van der Waals surface area contributed by atoms with Crippen LogP contribution in [-0.2, 0) is 30.0 Å². The predicted octanol–water partition coefficient (Wildman–Crippen LogP) is 4.63. The number of rotatable bonds is 13. The summed E-state index contributed by atoms with van der Waals surface area (Å²) in [6.45, 7) is 3.74. The molecule has 2 saturated heterocycles. The van der Waals surface area contributed by atoms with Crippen LogP contribution in [0.25, 0.3) is 0 Å². The molecule has 1 N–H and O–H groups in total. The Labute approximate surface area is 232 Å². The molecule has 0 spiro atoms. The molecule has 6 nitrogen and oxygen atoms in total. The van der Waals surface area contributed by atoms with E-state index >= 15 is 0 Å². The van der Waals surface area contributed by atoms with Crippen LogP contribution in [0.15, 0.2) is 72.8 Å². The van der Waals surface area contributed by atoms with Crippen molar-refractivity contribution in [2.75, 3.05) is 0 Å². The van der Waals surface area contributed by atoms with Crippen molar-refractivity contribution >= 4 is 18.6 Å². The van der Waals surface area contributed by atoms with Gasteiger partial charge in [0.05, 0.1) is 24.4 Å². The van der Waals surface area contributed by atoms with E-state index in [1.165, 1.54) is 5.56 Å². The van der Waals surface area contributed by atoms with Crippen molar-refractivity contribution < 1.29 is 28.7 Å². The van der Waals surface area contributed by atoms with Gasteiger partial charge in [-0.1, -0.05) is 72.8 Å². The number of carbonyl (C=O) groups excluding carboxylic acids is 1. The number of hydrogen-bond donors (Lipinski definition) is 1. The van der Waals surface area contributed by atoms with Gasteiger partial charge in [0.15, 0.2) is 0 Å². The number of aliphatic hydroxyl groups excluding tert-OH is 1. The lowest BCUT2D eigenvalue weighted by Crippen LogP contribution is -2.46. The van der Waals surface area contributed by atoms with Gasteiger partial charge in [0.25, 0.3) is 0 Å². The molecule has 0 aromatic heterocycles. The Morgan fingerprint density at radius 3 is 2.51 bits per heavy atom. The molecule has 2 heterocycles. The molecule has 0 radical (unpaired) electrons. The van der Waals surface area contributed by atoms with Crippen LogP contribution in [0.4, 0.5) is 0 Å². The van der Waals surface area contributed by atoms with E-state index in [1.807, 2.05) is 62.4 Å². The first-order valence-corrected chi connectivity index (χ1v) is 14.6. The summed E-state index contributed by atoms with van der Waals surface area (Å²) < 4.78 is 24.4. The van der Waals surface area contributed by atoms with Crippen molar-refractivity contribution in [3.8, 4) is 0 Å². The van der Waals surface area contributed by atoms with Crippen molar-refractivity contribution in [2.45, 2.75) is 95.4 Å². The van der Waals surface area contributed by atoms with Gasteiger partial charge in [-0.25, -0.2) is 0 Å². The number of aliphatic hydroxyl groups is 1. The number of aryl methyl sites for hydroxylation is 1. The maximum Gasteiger partial charge on any atom is 0.494 e. The van der Waals surface area contributed by atoms with Gasteiger partial charge in [-0.2, -0.15) is 0 Å². The summed E-state index contributed by atoms with van der Waals surface area (Å²) in [7, 11) is -0.376. The summed E-state index contributed by atoms with van der Waals surface area (Å²) >= 11 is 0. The lowest BCUT2D eigenvalue weighted by atomic mass is 9.77. The molecule has 0 unspecified atom stereocenters. The zero-order valence-electron chi connectivity index (χ0n) is 23.1. The first-order chi connectivity index (χ1) is 19.0. The zero-order valence-corrected chi connectivity index (χ0v) is 23.1. The third-order valence-electron chi connectivity index (χ3n) is 8.12. The van der Waals surface area contributed by atoms with E-state index in [0.29, 0.717) is 12.8 Å². The maximum absolute atomic E-state index is 11.8. The highest BCUT2D eigenvalue weighted by molar-refractivity contribution is 6.61. The van der Waals surface area contributed by atoms with E-state index in [0.717, 1.165) is 37.6 Å². The molecule has 2 bridgehead atoms. The minimum absolute atomic E-state index is 0.0203. The van der Waals surface area contributed by atoms with Gasteiger partial charge in [-0.15, -0.1) is 0 Å². The second-order valence-corrected chi connectivity index (χ2v) is 11.4. The molecule has 1 saturated carbocycles. The Morgan fingerprint density at radius 2 is 1.77 bits per heavy atom. The molecule has 39 heavy (non-hydrogen) atoms. The van der Waals surface area contributed by atoms with Gasteiger partial charge in [0, 0.05) is 18.4 Å². The smallest absolute Gasteiger partial charge is 0.463 e. The Morgan fingerprint density at radius 1 is 1.05 bits per heavy atom. The van der Waals surface area contributed by atoms with E-state index in [-0.39, 0.29) is 55.4 Å². The standard InChI is InChI=1S/C32H41BO6/c1-22(2)36-29(35)18-12-4-3-11-17-25-27-21-28(39-33(38-27)24-15-9-6-10-16-24)30(25)32-31(37-32)26(34)20-19-23-13-7-5-8-14-23/h3,5-11,13-16,22,25-28,30-32,34H,4,12,17-21H2,1-2H3/b11-3-/t25-,26-,27-,28+,30+,31+,32+/m0/s1. The van der Waals surface area contributed by atoms with Gasteiger partial charge in [-0.3, -0.25) is 4.79 Å². The average molecular weight is 532 g/mol. The summed E-state index contributed by atoms with van der Waals surface area (Å²) in [6, 6.07) is 20.4. The summed E-state index contributed by atoms with van der Waals surface area (Å²) in [5.74, 6) is 0.288. The topological polar surface area (TPSA) is 77.5 Å². The van der Waals surface area contributed by atoms with E-state index in [9.17, 15) is 9.90 Å². The summed E-state index contributed by atoms with van der Waals surface area (Å²) in [5.41, 5.74) is 2.26. The second-order valence-electron chi connectivity index (χ2n) is 11.4. The fourth-order valence-corrected chi connectivity index (χ4v) is 6.20. The number of carbonyl (C=O) groups is 1. The molecule has 208 valence electrons. The minimum Gasteiger partial charge on any atom is -0.463 e. The Bertz CT molecular complexity index is 1080. The molecule has 3 aliphatic rings. The number of hydrogen-bond acceptors (Lipinski definition) is 6. The predicted molar refractivity (Wildman–Crippen MR) is 151 cm³/mol. The van der Waals surface area contributed by atoms with Gasteiger partial charge >= 0.3 is 13.1 Å². The molecule has 1 aliphatic carbocycles. The van der Waals surface area contributed by atoms with Crippen LogP contribution in [0, 0.1) is 11.8 Å². The highest BCUT2D eigenvalue weighted by atomic mass is 16.6. The minimum atomic E-state index is -0.497. The first kappa shape index (κ1) is 28.1. The maximum atomic E-state index is 11.8. The van der Waals surface area contributed by atoms with Gasteiger partial charge in [-0.05, 0) is 69.3 Å². The monoisotopic (exact) mass is 532 g/mol. The van der Waals surface area contributed by atoms with Crippen molar-refractivity contribution in [3.05, 3.63) is 78.4 Å². The molecular formula is C32H41BO6. The number of epoxide rings is 1. The van der Waals surface area contributed by atoms with Crippen LogP contribution >= 0.6 is 0 Å². The molecule has 7 heteroatoms. The van der Waals surface area contributed by atoms with Crippen LogP contribution in [0.2, 0.25) is 0 Å². The van der Waals surface area contributed by atoms with E-state index < -0.39 is 6.10 Å². The second kappa shape index (κ2) is 13.3. The molecule has 0 amide bonds. The zero-order chi connectivity index (χ0) is 27.2. The van der Waals surface area contributed by atoms with Crippen LogP contribution < -0.4 is 5.46 Å². The van der Waals surface area contributed by atoms with Gasteiger partial charge in [0.2, 0.25) is 0 Å². The number of unbranched alkanes of at least 4 members (excludes halogenated alkanes) is 1. The quantitative estimate of drug-likeness (QED) is 0.133. The summed E-state index contributed by atoms with van der Waals surface area (Å²) in [4.78, 5) is 11.8. The van der Waals surface area contributed by atoms with Crippen molar-refractivity contribution in [3.63, 3.8) is 0 Å². The lowest BCUT2D eigenvalue weighted by Gasteiger charge is -2.28. The van der Waals surface area contributed by atoms with Crippen molar-refractivity contribution in [1.29, 1.82) is 0 Å². The van der Waals surface area contributed by atoms with Crippen molar-refractivity contribution in [1.82, 2.24) is 0 Å². The fraction of sp³-hybridized carbons (Fsp3) is 0.531. The van der Waals surface area contributed by atoms with Crippen LogP contribution in [-0.4, -0.2) is 54.8 Å². The number of fused-ring (bicyclic) bond motifs is 2. The summed E-state index contributed by atoms with van der Waals surface area (Å²) in [6.07, 6.45) is 9.03. The SMILES string of the molecule is CC(C)OC(=O)CCC/C=C\C[C@@H]1[C@@H]([C@H]2O[C@@H]2[C@@H](O)CCc2ccccc2)[C@H]2C[C@@H]1OB(c1ccccc1)O2. The normalized spacial score (nSPS) is 28.7. The van der Waals surface area contributed by atoms with Gasteiger partial charge < -0.3 is 23.9 Å². The molecular weight excluding hydrogens is 491 g/mol. The first-order valence-electron chi connectivity index (χ1n) is 14.6. The molecule has 5 rings (SSSR count). The average Bonchev–Trinajstić information content (AvgIpc) is 3.69.